The summed E-state index contributed by atoms with van der Waals surface area (Å²) in [6.07, 6.45) is 5.16. The van der Waals surface area contributed by atoms with Crippen LogP contribution in [0.15, 0.2) is 158 Å². The van der Waals surface area contributed by atoms with Crippen molar-refractivity contribution in [2.45, 2.75) is 0 Å². The van der Waals surface area contributed by atoms with Crippen molar-refractivity contribution in [3.63, 3.8) is 0 Å². The molecule has 0 fully saturated rings. The van der Waals surface area contributed by atoms with Gasteiger partial charge in [0.2, 0.25) is 0 Å². The highest BCUT2D eigenvalue weighted by atomic mass is 19.2. The summed E-state index contributed by atoms with van der Waals surface area (Å²) in [5.74, 6) is 0. The fourth-order valence-electron chi connectivity index (χ4n) is 6.42. The second-order valence-corrected chi connectivity index (χ2v) is 10.8. The average molecular weight is 574 g/mol. The monoisotopic (exact) mass is 574 g/mol. The first-order valence-electron chi connectivity index (χ1n) is 14.5. The van der Waals surface area contributed by atoms with Crippen LogP contribution in [0.2, 0.25) is 0 Å². The molecule has 0 atom stereocenters. The summed E-state index contributed by atoms with van der Waals surface area (Å²) in [6, 6.07) is 42.0. The number of aromatic nitrogens is 3. The van der Waals surface area contributed by atoms with Crippen molar-refractivity contribution < 1.29 is 13.1 Å². The Morgan fingerprint density at radius 3 is 1.55 bits per heavy atom. The number of nitrogens with zero attached hydrogens (tertiary/aromatic N) is 4. The molecular weight excluding hydrogens is 549 g/mol. The van der Waals surface area contributed by atoms with Crippen molar-refractivity contribution in [1.29, 1.82) is 0 Å². The molecule has 0 spiro atoms. The van der Waals surface area contributed by atoms with Crippen LogP contribution in [0.4, 0.5) is 8.63 Å². The van der Waals surface area contributed by atoms with Gasteiger partial charge in [-0.3, -0.25) is 0 Å². The Morgan fingerprint density at radius 1 is 0.523 bits per heavy atom. The molecule has 0 saturated carbocycles. The van der Waals surface area contributed by atoms with Gasteiger partial charge in [0.15, 0.2) is 11.4 Å². The lowest BCUT2D eigenvalue weighted by molar-refractivity contribution is -0.360. The Hall–Kier alpha value is -5.69. The van der Waals surface area contributed by atoms with E-state index in [1.807, 2.05) is 133 Å². The smallest absolute Gasteiger partial charge is 0.389 e. The quantitative estimate of drug-likeness (QED) is 0.194. The first-order valence-corrected chi connectivity index (χ1v) is 14.5. The lowest BCUT2D eigenvalue weighted by Crippen LogP contribution is -2.51. The van der Waals surface area contributed by atoms with Crippen LogP contribution in [0.1, 0.15) is 16.8 Å². The number of hydrogen-bond acceptors (Lipinski definition) is 2. The molecule has 210 valence electrons. The van der Waals surface area contributed by atoms with Crippen LogP contribution < -0.4 is 0 Å². The van der Waals surface area contributed by atoms with Gasteiger partial charge in [-0.2, -0.15) is 0 Å². The molecule has 0 bridgehead atoms. The molecule has 4 nitrogen and oxygen atoms in total. The third-order valence-corrected chi connectivity index (χ3v) is 8.30. The molecule has 0 saturated heterocycles. The number of halogens is 2. The van der Waals surface area contributed by atoms with Crippen LogP contribution in [0.5, 0.6) is 0 Å². The Balaban J connectivity index is 1.53. The van der Waals surface area contributed by atoms with E-state index in [0.717, 1.165) is 11.1 Å². The van der Waals surface area contributed by atoms with Gasteiger partial charge in [-0.1, -0.05) is 109 Å². The van der Waals surface area contributed by atoms with Gasteiger partial charge >= 0.3 is 6.97 Å². The highest BCUT2D eigenvalue weighted by Gasteiger charge is 2.55. The van der Waals surface area contributed by atoms with E-state index in [-0.39, 0.29) is 0 Å². The zero-order chi connectivity index (χ0) is 29.7. The molecule has 6 aromatic rings. The van der Waals surface area contributed by atoms with E-state index >= 15 is 8.63 Å². The van der Waals surface area contributed by atoms with E-state index in [1.54, 1.807) is 18.5 Å². The van der Waals surface area contributed by atoms with Crippen LogP contribution in [-0.2, 0) is 0 Å². The molecule has 0 unspecified atom stereocenters. The molecule has 2 aliphatic heterocycles. The molecule has 2 aromatic heterocycles. The summed E-state index contributed by atoms with van der Waals surface area (Å²) in [7, 11) is 0. The maximum absolute atomic E-state index is 17.2. The third-order valence-electron chi connectivity index (χ3n) is 8.30. The van der Waals surface area contributed by atoms with Crippen LogP contribution in [0.25, 0.3) is 39.3 Å². The lowest BCUT2D eigenvalue weighted by Gasteiger charge is -2.34. The third kappa shape index (κ3) is 4.01. The SMILES string of the molecule is F[B-]1(F)n2c(ccc2-c2ccccc2)C(c2c(-c3ccccc3)ncnc2-c2ccccc2)=C2C=CC(c3ccccc3)=[N+]21. The fourth-order valence-corrected chi connectivity index (χ4v) is 6.42. The highest BCUT2D eigenvalue weighted by Crippen LogP contribution is 2.47. The predicted octanol–water partition coefficient (Wildman–Crippen LogP) is 8.35. The number of allylic oxidation sites excluding steroid dienone is 2. The molecule has 44 heavy (non-hydrogen) atoms. The van der Waals surface area contributed by atoms with Gasteiger partial charge in [-0.15, -0.1) is 0 Å². The minimum absolute atomic E-state index is 0.420. The Labute approximate surface area is 253 Å². The average Bonchev–Trinajstić information content (AvgIpc) is 3.74. The van der Waals surface area contributed by atoms with Crippen molar-refractivity contribution in [3.05, 3.63) is 174 Å². The van der Waals surface area contributed by atoms with Crippen LogP contribution >= 0.6 is 0 Å². The molecule has 4 aromatic carbocycles. The molecule has 0 radical (unpaired) electrons. The molecule has 0 N–H and O–H groups in total. The Bertz CT molecular complexity index is 2060. The Morgan fingerprint density at radius 2 is 1.00 bits per heavy atom. The zero-order valence-corrected chi connectivity index (χ0v) is 23.6. The minimum atomic E-state index is -4.30. The summed E-state index contributed by atoms with van der Waals surface area (Å²) >= 11 is 0. The summed E-state index contributed by atoms with van der Waals surface area (Å²) in [4.78, 5) is 9.58. The largest absolute Gasteiger partial charge is 0.737 e. The van der Waals surface area contributed by atoms with Gasteiger partial charge in [-0.25, -0.2) is 9.97 Å². The van der Waals surface area contributed by atoms with Gasteiger partial charge < -0.3 is 17.6 Å². The van der Waals surface area contributed by atoms with E-state index in [0.29, 0.717) is 56.4 Å². The topological polar surface area (TPSA) is 33.7 Å². The lowest BCUT2D eigenvalue weighted by atomic mass is 9.83. The van der Waals surface area contributed by atoms with Crippen molar-refractivity contribution in [2.75, 3.05) is 0 Å². The van der Waals surface area contributed by atoms with E-state index in [9.17, 15) is 0 Å². The minimum Gasteiger partial charge on any atom is -0.389 e. The molecule has 7 heteroatoms. The molecule has 2 aliphatic rings. The molecule has 4 heterocycles. The predicted molar refractivity (Wildman–Crippen MR) is 172 cm³/mol. The second kappa shape index (κ2) is 10.2. The van der Waals surface area contributed by atoms with E-state index in [4.69, 9.17) is 9.97 Å². The maximum Gasteiger partial charge on any atom is 0.737 e. The number of benzene rings is 4. The van der Waals surface area contributed by atoms with Crippen LogP contribution in [0, 0.1) is 0 Å². The van der Waals surface area contributed by atoms with Crippen LogP contribution in [-0.4, -0.2) is 31.6 Å². The van der Waals surface area contributed by atoms with E-state index in [1.165, 1.54) is 8.96 Å². The van der Waals surface area contributed by atoms with Crippen molar-refractivity contribution in [3.8, 4) is 33.8 Å². The van der Waals surface area contributed by atoms with Gasteiger partial charge in [0, 0.05) is 45.8 Å². The van der Waals surface area contributed by atoms with E-state index in [2.05, 4.69) is 0 Å². The van der Waals surface area contributed by atoms with Crippen molar-refractivity contribution in [2.24, 2.45) is 0 Å². The number of fused-ring (bicyclic) bond motifs is 2. The molecular formula is C37H25BF2N4. The van der Waals surface area contributed by atoms with Crippen molar-refractivity contribution >= 4 is 18.3 Å². The maximum atomic E-state index is 17.2. The zero-order valence-electron chi connectivity index (χ0n) is 23.6. The summed E-state index contributed by atoms with van der Waals surface area (Å²) < 4.78 is 36.9. The molecule has 0 aliphatic carbocycles. The fraction of sp³-hybridized carbons (Fsp3) is 0. The standard InChI is InChI=1S/C37H25BF2N4/c39-38(40)43-30(26-13-5-1-6-14-26)21-23-32(43)34(33-24-22-31(44(33)38)27-15-7-2-8-16-27)35-36(28-17-9-3-10-18-28)41-25-42-37(35)29-19-11-4-12-20-29/h1-25H. The summed E-state index contributed by atoms with van der Waals surface area (Å²) in [5.41, 5.74) is 7.62. The van der Waals surface area contributed by atoms with Gasteiger partial charge in [0.25, 0.3) is 0 Å². The van der Waals surface area contributed by atoms with Gasteiger partial charge in [-0.05, 0) is 29.8 Å². The van der Waals surface area contributed by atoms with Gasteiger partial charge in [0.05, 0.1) is 17.0 Å². The molecule has 8 rings (SSSR count). The number of rotatable bonds is 5. The van der Waals surface area contributed by atoms with E-state index < -0.39 is 6.97 Å². The number of hydrogen-bond donors (Lipinski definition) is 0. The normalized spacial score (nSPS) is 15.0. The first-order chi connectivity index (χ1) is 21.6. The summed E-state index contributed by atoms with van der Waals surface area (Å²) in [5, 5.41) is 0. The highest BCUT2D eigenvalue weighted by molar-refractivity contribution is 6.59. The van der Waals surface area contributed by atoms with Gasteiger partial charge in [0.1, 0.15) is 6.33 Å². The summed E-state index contributed by atoms with van der Waals surface area (Å²) in [6.45, 7) is -4.30. The Kier molecular flexibility index (Phi) is 6.05. The van der Waals surface area contributed by atoms with Crippen LogP contribution in [0.3, 0.4) is 0 Å². The first kappa shape index (κ1) is 26.0. The van der Waals surface area contributed by atoms with Crippen molar-refractivity contribution in [1.82, 2.24) is 14.4 Å². The second-order valence-electron chi connectivity index (χ2n) is 10.8. The molecule has 0 amide bonds.